The standard InChI is InChI=1S/C11H14BrNOS2/c1-11(3-2-4-16-11)10(14)13-6-9-5-8(12)7-15-9/h5,7H,2-4,6H2,1H3,(H,13,14). The van der Waals surface area contributed by atoms with Crippen LogP contribution in [0, 0.1) is 0 Å². The van der Waals surface area contributed by atoms with Crippen LogP contribution < -0.4 is 5.32 Å². The van der Waals surface area contributed by atoms with Gasteiger partial charge in [0.15, 0.2) is 0 Å². The minimum absolute atomic E-state index is 0.180. The smallest absolute Gasteiger partial charge is 0.236 e. The zero-order valence-corrected chi connectivity index (χ0v) is 12.3. The van der Waals surface area contributed by atoms with Crippen LogP contribution in [0.4, 0.5) is 0 Å². The zero-order chi connectivity index (χ0) is 11.6. The summed E-state index contributed by atoms with van der Waals surface area (Å²) in [6, 6.07) is 2.05. The molecular formula is C11H14BrNOS2. The molecule has 1 amide bonds. The Balaban J connectivity index is 1.88. The van der Waals surface area contributed by atoms with Crippen LogP contribution >= 0.6 is 39.0 Å². The lowest BCUT2D eigenvalue weighted by atomic mass is 10.1. The van der Waals surface area contributed by atoms with Gasteiger partial charge in [-0.1, -0.05) is 0 Å². The summed E-state index contributed by atoms with van der Waals surface area (Å²) in [7, 11) is 0. The first kappa shape index (κ1) is 12.5. The van der Waals surface area contributed by atoms with Crippen molar-refractivity contribution in [3.8, 4) is 0 Å². The number of hydrogen-bond donors (Lipinski definition) is 1. The van der Waals surface area contributed by atoms with Crippen molar-refractivity contribution in [1.82, 2.24) is 5.32 Å². The summed E-state index contributed by atoms with van der Waals surface area (Å²) >= 11 is 6.85. The summed E-state index contributed by atoms with van der Waals surface area (Å²) < 4.78 is 0.886. The van der Waals surface area contributed by atoms with Gasteiger partial charge in [-0.25, -0.2) is 0 Å². The van der Waals surface area contributed by atoms with Crippen LogP contribution in [-0.4, -0.2) is 16.4 Å². The van der Waals surface area contributed by atoms with Crippen LogP contribution in [0.1, 0.15) is 24.6 Å². The molecule has 0 spiro atoms. The van der Waals surface area contributed by atoms with Crippen molar-refractivity contribution in [2.24, 2.45) is 0 Å². The Kier molecular flexibility index (Phi) is 3.97. The summed E-state index contributed by atoms with van der Waals surface area (Å²) in [5.74, 6) is 1.29. The molecule has 0 bridgehead atoms. The van der Waals surface area contributed by atoms with Gasteiger partial charge in [-0.05, 0) is 47.5 Å². The Labute approximate surface area is 112 Å². The predicted molar refractivity (Wildman–Crippen MR) is 74.0 cm³/mol. The lowest BCUT2D eigenvalue weighted by molar-refractivity contribution is -0.123. The van der Waals surface area contributed by atoms with Crippen molar-refractivity contribution >= 4 is 44.9 Å². The maximum Gasteiger partial charge on any atom is 0.236 e. The van der Waals surface area contributed by atoms with E-state index >= 15 is 0 Å². The van der Waals surface area contributed by atoms with Crippen molar-refractivity contribution in [1.29, 1.82) is 0 Å². The minimum Gasteiger partial charge on any atom is -0.350 e. The number of thioether (sulfide) groups is 1. The first-order valence-corrected chi connectivity index (χ1v) is 7.91. The summed E-state index contributed by atoms with van der Waals surface area (Å²) in [6.07, 6.45) is 2.15. The van der Waals surface area contributed by atoms with E-state index in [-0.39, 0.29) is 10.7 Å². The fraction of sp³-hybridized carbons (Fsp3) is 0.545. The van der Waals surface area contributed by atoms with E-state index in [1.807, 2.05) is 12.3 Å². The molecule has 5 heteroatoms. The third kappa shape index (κ3) is 2.81. The number of hydrogen-bond acceptors (Lipinski definition) is 3. The molecule has 0 aliphatic carbocycles. The molecule has 0 aromatic carbocycles. The van der Waals surface area contributed by atoms with Crippen molar-refractivity contribution in [3.05, 3.63) is 20.8 Å². The van der Waals surface area contributed by atoms with Crippen LogP contribution in [0.15, 0.2) is 15.9 Å². The highest BCUT2D eigenvalue weighted by Gasteiger charge is 2.36. The summed E-state index contributed by atoms with van der Waals surface area (Å²) in [5, 5.41) is 5.06. The minimum atomic E-state index is -0.200. The Morgan fingerprint density at radius 3 is 3.06 bits per heavy atom. The molecule has 1 atom stereocenters. The quantitative estimate of drug-likeness (QED) is 0.925. The zero-order valence-electron chi connectivity index (χ0n) is 9.09. The van der Waals surface area contributed by atoms with Crippen LogP contribution in [0.25, 0.3) is 0 Å². The molecule has 1 aliphatic rings. The molecule has 1 aromatic rings. The second-order valence-electron chi connectivity index (χ2n) is 4.10. The van der Waals surface area contributed by atoms with Gasteiger partial charge in [-0.2, -0.15) is 0 Å². The third-order valence-corrected chi connectivity index (χ3v) is 5.96. The highest BCUT2D eigenvalue weighted by molar-refractivity contribution is 9.10. The molecule has 1 N–H and O–H groups in total. The molecule has 1 fully saturated rings. The molecule has 1 aromatic heterocycles. The van der Waals surface area contributed by atoms with E-state index in [1.54, 1.807) is 23.1 Å². The van der Waals surface area contributed by atoms with Crippen molar-refractivity contribution in [3.63, 3.8) is 0 Å². The number of amides is 1. The second-order valence-corrected chi connectivity index (χ2v) is 7.61. The molecule has 2 nitrogen and oxygen atoms in total. The van der Waals surface area contributed by atoms with Crippen LogP contribution in [0.5, 0.6) is 0 Å². The molecule has 2 rings (SSSR count). The number of rotatable bonds is 3. The molecule has 2 heterocycles. The molecule has 16 heavy (non-hydrogen) atoms. The van der Waals surface area contributed by atoms with Gasteiger partial charge < -0.3 is 5.32 Å². The molecule has 0 saturated carbocycles. The van der Waals surface area contributed by atoms with E-state index in [0.29, 0.717) is 6.54 Å². The molecule has 88 valence electrons. The first-order chi connectivity index (χ1) is 7.60. The molecular weight excluding hydrogens is 306 g/mol. The SMILES string of the molecule is CC1(C(=O)NCc2cc(Br)cs2)CCCS1. The third-order valence-electron chi connectivity index (χ3n) is 2.74. The van der Waals surface area contributed by atoms with E-state index < -0.39 is 0 Å². The van der Waals surface area contributed by atoms with Crippen LogP contribution in [-0.2, 0) is 11.3 Å². The fourth-order valence-corrected chi connectivity index (χ4v) is 4.38. The topological polar surface area (TPSA) is 29.1 Å². The van der Waals surface area contributed by atoms with Gasteiger partial charge in [0.2, 0.25) is 5.91 Å². The molecule has 0 radical (unpaired) electrons. The average Bonchev–Trinajstić information content (AvgIpc) is 2.85. The lowest BCUT2D eigenvalue weighted by Gasteiger charge is -2.21. The molecule has 1 aliphatic heterocycles. The fourth-order valence-electron chi connectivity index (χ4n) is 1.76. The normalized spacial score (nSPS) is 24.6. The van der Waals surface area contributed by atoms with Gasteiger partial charge in [-0.15, -0.1) is 23.1 Å². The van der Waals surface area contributed by atoms with Gasteiger partial charge in [0.05, 0.1) is 11.3 Å². The average molecular weight is 320 g/mol. The van der Waals surface area contributed by atoms with Crippen LogP contribution in [0.2, 0.25) is 0 Å². The van der Waals surface area contributed by atoms with E-state index in [2.05, 4.69) is 27.3 Å². The maximum atomic E-state index is 12.0. The maximum absolute atomic E-state index is 12.0. The molecule has 1 unspecified atom stereocenters. The summed E-state index contributed by atoms with van der Waals surface area (Å²) in [4.78, 5) is 13.2. The Bertz CT molecular complexity index is 385. The van der Waals surface area contributed by atoms with Crippen molar-refractivity contribution < 1.29 is 4.79 Å². The van der Waals surface area contributed by atoms with Gasteiger partial charge >= 0.3 is 0 Å². The largest absolute Gasteiger partial charge is 0.350 e. The monoisotopic (exact) mass is 319 g/mol. The van der Waals surface area contributed by atoms with E-state index in [9.17, 15) is 4.79 Å². The highest BCUT2D eigenvalue weighted by atomic mass is 79.9. The number of halogens is 1. The van der Waals surface area contributed by atoms with E-state index in [0.717, 1.165) is 23.1 Å². The van der Waals surface area contributed by atoms with Gasteiger partial charge in [-0.3, -0.25) is 4.79 Å². The Hall–Kier alpha value is -0.000000000000000111. The van der Waals surface area contributed by atoms with Gasteiger partial charge in [0.1, 0.15) is 0 Å². The number of thiophene rings is 1. The number of carbonyl (C=O) groups excluding carboxylic acids is 1. The van der Waals surface area contributed by atoms with Gasteiger partial charge in [0, 0.05) is 14.7 Å². The lowest BCUT2D eigenvalue weighted by Crippen LogP contribution is -2.39. The highest BCUT2D eigenvalue weighted by Crippen LogP contribution is 2.37. The number of carbonyl (C=O) groups is 1. The van der Waals surface area contributed by atoms with Crippen LogP contribution in [0.3, 0.4) is 0 Å². The summed E-state index contributed by atoms with van der Waals surface area (Å²) in [5.41, 5.74) is 0. The van der Waals surface area contributed by atoms with Crippen molar-refractivity contribution in [2.75, 3.05) is 5.75 Å². The van der Waals surface area contributed by atoms with E-state index in [1.165, 1.54) is 4.88 Å². The summed E-state index contributed by atoms with van der Waals surface area (Å²) in [6.45, 7) is 2.69. The Morgan fingerprint density at radius 1 is 1.69 bits per heavy atom. The Morgan fingerprint density at radius 2 is 2.50 bits per heavy atom. The predicted octanol–water partition coefficient (Wildman–Crippen LogP) is 3.41. The van der Waals surface area contributed by atoms with Crippen molar-refractivity contribution in [2.45, 2.75) is 31.1 Å². The van der Waals surface area contributed by atoms with E-state index in [4.69, 9.17) is 0 Å². The van der Waals surface area contributed by atoms with Gasteiger partial charge in [0.25, 0.3) is 0 Å². The first-order valence-electron chi connectivity index (χ1n) is 5.25. The molecule has 1 saturated heterocycles. The second kappa shape index (κ2) is 5.10. The number of nitrogens with one attached hydrogen (secondary N) is 1.